The van der Waals surface area contributed by atoms with Gasteiger partial charge in [-0.1, -0.05) is 36.9 Å². The van der Waals surface area contributed by atoms with Crippen molar-refractivity contribution in [1.29, 1.82) is 0 Å². The van der Waals surface area contributed by atoms with E-state index in [1.165, 1.54) is 0 Å². The van der Waals surface area contributed by atoms with Gasteiger partial charge in [-0.3, -0.25) is 15.0 Å². The van der Waals surface area contributed by atoms with Crippen molar-refractivity contribution >= 4 is 46.2 Å². The first kappa shape index (κ1) is 20.9. The Kier molecular flexibility index (Phi) is 6.90. The Morgan fingerprint density at radius 2 is 1.93 bits per heavy atom. The molecule has 0 bridgehead atoms. The highest BCUT2D eigenvalue weighted by atomic mass is 32.2. The maximum atomic E-state index is 12.8. The van der Waals surface area contributed by atoms with Crippen LogP contribution in [0.4, 0.5) is 0 Å². The summed E-state index contributed by atoms with van der Waals surface area (Å²) in [5, 5.41) is 1.09. The number of ether oxygens (including phenoxy) is 2. The number of benzene rings is 2. The average molecular weight is 429 g/mol. The standard InChI is InChI=1S/C21H20N2O4S2/c1-3-12-27-17-7-5-4-6-15(17)13-18-20(25)23(21(28)29-18)22-19(24)14-8-10-16(26-2)11-9-14/h4-11,13H,3,12H2,1-2H3,(H,22,24)/b18-13+. The first-order chi connectivity index (χ1) is 14.0. The first-order valence-corrected chi connectivity index (χ1v) is 10.2. The van der Waals surface area contributed by atoms with Crippen LogP contribution in [0.2, 0.25) is 0 Å². The fraction of sp³-hybridized carbons (Fsp3) is 0.190. The Bertz CT molecular complexity index is 957. The molecule has 0 aliphatic carbocycles. The van der Waals surface area contributed by atoms with E-state index >= 15 is 0 Å². The van der Waals surface area contributed by atoms with Crippen molar-refractivity contribution < 1.29 is 19.1 Å². The van der Waals surface area contributed by atoms with Gasteiger partial charge in [0, 0.05) is 11.1 Å². The molecule has 29 heavy (non-hydrogen) atoms. The SMILES string of the molecule is CCCOc1ccccc1/C=C1/SC(=S)N(NC(=O)c2ccc(OC)cc2)C1=O. The number of hydrogen-bond acceptors (Lipinski definition) is 6. The summed E-state index contributed by atoms with van der Waals surface area (Å²) in [6.07, 6.45) is 2.61. The van der Waals surface area contributed by atoms with Crippen molar-refractivity contribution in [2.45, 2.75) is 13.3 Å². The van der Waals surface area contributed by atoms with Gasteiger partial charge < -0.3 is 9.47 Å². The summed E-state index contributed by atoms with van der Waals surface area (Å²) in [7, 11) is 1.55. The number of thioether (sulfide) groups is 1. The zero-order valence-electron chi connectivity index (χ0n) is 16.0. The van der Waals surface area contributed by atoms with Crippen molar-refractivity contribution in [3.05, 3.63) is 64.6 Å². The molecule has 1 aliphatic heterocycles. The maximum absolute atomic E-state index is 12.8. The van der Waals surface area contributed by atoms with Crippen LogP contribution in [0.5, 0.6) is 11.5 Å². The Morgan fingerprint density at radius 1 is 1.21 bits per heavy atom. The first-order valence-electron chi connectivity index (χ1n) is 8.98. The molecule has 1 aliphatic rings. The lowest BCUT2D eigenvalue weighted by Crippen LogP contribution is -2.44. The summed E-state index contributed by atoms with van der Waals surface area (Å²) >= 11 is 6.41. The second-order valence-corrected chi connectivity index (χ2v) is 7.75. The molecular weight excluding hydrogens is 408 g/mol. The largest absolute Gasteiger partial charge is 0.497 e. The number of nitrogens with zero attached hydrogens (tertiary/aromatic N) is 1. The molecule has 0 unspecified atom stereocenters. The summed E-state index contributed by atoms with van der Waals surface area (Å²) in [5.41, 5.74) is 3.74. The Morgan fingerprint density at radius 3 is 2.62 bits per heavy atom. The second kappa shape index (κ2) is 9.58. The van der Waals surface area contributed by atoms with Crippen LogP contribution < -0.4 is 14.9 Å². The molecule has 1 N–H and O–H groups in total. The highest BCUT2D eigenvalue weighted by Crippen LogP contribution is 2.33. The monoisotopic (exact) mass is 428 g/mol. The molecule has 1 saturated heterocycles. The summed E-state index contributed by atoms with van der Waals surface area (Å²) < 4.78 is 11.1. The third-order valence-electron chi connectivity index (χ3n) is 4.03. The zero-order valence-corrected chi connectivity index (χ0v) is 17.6. The van der Waals surface area contributed by atoms with Crippen molar-refractivity contribution in [2.75, 3.05) is 13.7 Å². The van der Waals surface area contributed by atoms with Crippen molar-refractivity contribution in [3.63, 3.8) is 0 Å². The van der Waals surface area contributed by atoms with E-state index in [0.717, 1.165) is 28.8 Å². The van der Waals surface area contributed by atoms with Gasteiger partial charge in [0.05, 0.1) is 18.6 Å². The topological polar surface area (TPSA) is 67.9 Å². The third kappa shape index (κ3) is 4.96. The van der Waals surface area contributed by atoms with Gasteiger partial charge in [0.2, 0.25) is 0 Å². The molecule has 2 aromatic rings. The van der Waals surface area contributed by atoms with E-state index in [1.807, 2.05) is 31.2 Å². The highest BCUT2D eigenvalue weighted by molar-refractivity contribution is 8.26. The molecule has 2 amide bonds. The van der Waals surface area contributed by atoms with E-state index in [2.05, 4.69) is 5.43 Å². The minimum Gasteiger partial charge on any atom is -0.497 e. The van der Waals surface area contributed by atoms with Gasteiger partial charge in [0.15, 0.2) is 4.32 Å². The number of rotatable bonds is 7. The minimum absolute atomic E-state index is 0.259. The Hall–Kier alpha value is -2.84. The van der Waals surface area contributed by atoms with Crippen LogP contribution in [-0.4, -0.2) is 34.9 Å². The summed E-state index contributed by atoms with van der Waals surface area (Å²) in [6, 6.07) is 14.0. The van der Waals surface area contributed by atoms with Gasteiger partial charge in [-0.05, 0) is 55.0 Å². The van der Waals surface area contributed by atoms with E-state index in [4.69, 9.17) is 21.7 Å². The van der Waals surface area contributed by atoms with Gasteiger partial charge in [0.25, 0.3) is 11.8 Å². The molecule has 0 radical (unpaired) electrons. The predicted octanol–water partition coefficient (Wildman–Crippen LogP) is 4.03. The van der Waals surface area contributed by atoms with E-state index in [9.17, 15) is 9.59 Å². The zero-order chi connectivity index (χ0) is 20.8. The van der Waals surface area contributed by atoms with E-state index in [1.54, 1.807) is 37.5 Å². The van der Waals surface area contributed by atoms with Crippen LogP contribution >= 0.6 is 24.0 Å². The molecule has 3 rings (SSSR count). The van der Waals surface area contributed by atoms with Gasteiger partial charge in [-0.25, -0.2) is 0 Å². The fourth-order valence-electron chi connectivity index (χ4n) is 2.56. The lowest BCUT2D eigenvalue weighted by atomic mass is 10.2. The third-order valence-corrected chi connectivity index (χ3v) is 5.33. The van der Waals surface area contributed by atoms with E-state index < -0.39 is 5.91 Å². The predicted molar refractivity (Wildman–Crippen MR) is 118 cm³/mol. The van der Waals surface area contributed by atoms with Crippen LogP contribution in [0.15, 0.2) is 53.4 Å². The van der Waals surface area contributed by atoms with Gasteiger partial charge in [-0.2, -0.15) is 5.01 Å². The molecular formula is C21H20N2O4S2. The molecule has 8 heteroatoms. The smallest absolute Gasteiger partial charge is 0.285 e. The van der Waals surface area contributed by atoms with Gasteiger partial charge >= 0.3 is 0 Å². The molecule has 1 heterocycles. The molecule has 0 saturated carbocycles. The lowest BCUT2D eigenvalue weighted by Gasteiger charge is -2.15. The lowest BCUT2D eigenvalue weighted by molar-refractivity contribution is -0.123. The van der Waals surface area contributed by atoms with Crippen molar-refractivity contribution in [1.82, 2.24) is 10.4 Å². The summed E-state index contributed by atoms with van der Waals surface area (Å²) in [6.45, 7) is 2.61. The molecule has 2 aromatic carbocycles. The number of methoxy groups -OCH3 is 1. The number of hydrogen-bond donors (Lipinski definition) is 1. The number of hydrazine groups is 1. The van der Waals surface area contributed by atoms with Crippen LogP contribution in [-0.2, 0) is 4.79 Å². The Labute approximate surface area is 178 Å². The molecule has 1 fully saturated rings. The molecule has 0 aromatic heterocycles. The van der Waals surface area contributed by atoms with Gasteiger partial charge in [0.1, 0.15) is 11.5 Å². The van der Waals surface area contributed by atoms with Crippen LogP contribution in [0.1, 0.15) is 29.3 Å². The van der Waals surface area contributed by atoms with E-state index in [-0.39, 0.29) is 10.2 Å². The average Bonchev–Trinajstić information content (AvgIpc) is 3.00. The summed E-state index contributed by atoms with van der Waals surface area (Å²) in [4.78, 5) is 25.7. The second-order valence-electron chi connectivity index (χ2n) is 6.07. The number of amides is 2. The van der Waals surface area contributed by atoms with Crippen molar-refractivity contribution in [2.24, 2.45) is 0 Å². The number of nitrogens with one attached hydrogen (secondary N) is 1. The molecule has 6 nitrogen and oxygen atoms in total. The normalized spacial score (nSPS) is 15.0. The molecule has 0 spiro atoms. The number of carbonyl (C=O) groups is 2. The highest BCUT2D eigenvalue weighted by Gasteiger charge is 2.34. The summed E-state index contributed by atoms with van der Waals surface area (Å²) in [5.74, 6) is 0.518. The number of para-hydroxylation sites is 1. The quantitative estimate of drug-likeness (QED) is 0.531. The minimum atomic E-state index is -0.433. The number of thiocarbonyl (C=S) groups is 1. The van der Waals surface area contributed by atoms with Gasteiger partial charge in [-0.15, -0.1) is 0 Å². The number of carbonyl (C=O) groups excluding carboxylic acids is 2. The van der Waals surface area contributed by atoms with Crippen LogP contribution in [0.25, 0.3) is 6.08 Å². The molecule has 150 valence electrons. The van der Waals surface area contributed by atoms with Crippen molar-refractivity contribution in [3.8, 4) is 11.5 Å². The van der Waals surface area contributed by atoms with E-state index in [0.29, 0.717) is 28.6 Å². The maximum Gasteiger partial charge on any atom is 0.285 e. The molecule has 0 atom stereocenters. The Balaban J connectivity index is 1.76. The van der Waals surface area contributed by atoms with Crippen LogP contribution in [0, 0.1) is 0 Å². The van der Waals surface area contributed by atoms with Crippen LogP contribution in [0.3, 0.4) is 0 Å². The fourth-order valence-corrected chi connectivity index (χ4v) is 3.73.